The van der Waals surface area contributed by atoms with Crippen LogP contribution in [-0.4, -0.2) is 10.2 Å². The molecule has 0 aliphatic carbocycles. The van der Waals surface area contributed by atoms with E-state index in [1.165, 1.54) is 0 Å². The zero-order chi connectivity index (χ0) is 15.2. The molecule has 0 aliphatic rings. The number of rotatable bonds is 6. The van der Waals surface area contributed by atoms with Crippen LogP contribution in [0.25, 0.3) is 0 Å². The van der Waals surface area contributed by atoms with Crippen LogP contribution in [-0.2, 0) is 19.5 Å². The van der Waals surface area contributed by atoms with E-state index in [-0.39, 0.29) is 0 Å². The third-order valence-electron chi connectivity index (χ3n) is 3.26. The average Bonchev–Trinajstić information content (AvgIpc) is 2.98. The molecule has 1 N–H and O–H groups in total. The van der Waals surface area contributed by atoms with Gasteiger partial charge in [-0.2, -0.15) is 0 Å². The molecule has 2 aromatic carbocycles. The van der Waals surface area contributed by atoms with E-state index in [9.17, 15) is 0 Å². The maximum Gasteiger partial charge on any atom is 0.230 e. The molecule has 3 rings (SSSR count). The summed E-state index contributed by atoms with van der Waals surface area (Å²) in [5.41, 5.74) is 2.20. The average molecular weight is 314 g/mol. The van der Waals surface area contributed by atoms with Gasteiger partial charge in [-0.05, 0) is 17.2 Å². The van der Waals surface area contributed by atoms with Gasteiger partial charge in [0.1, 0.15) is 0 Å². The van der Waals surface area contributed by atoms with E-state index < -0.39 is 0 Å². The number of aromatic nitrogens is 2. The molecule has 4 nitrogen and oxygen atoms in total. The van der Waals surface area contributed by atoms with Crippen molar-refractivity contribution in [2.75, 3.05) is 0 Å². The lowest BCUT2D eigenvalue weighted by atomic mass is 10.2. The van der Waals surface area contributed by atoms with Crippen LogP contribution < -0.4 is 5.32 Å². The van der Waals surface area contributed by atoms with Crippen molar-refractivity contribution in [3.05, 3.63) is 82.5 Å². The molecule has 0 unspecified atom stereocenters. The second-order valence-electron chi connectivity index (χ2n) is 4.95. The molecule has 0 saturated heterocycles. The molecule has 112 valence electrons. The van der Waals surface area contributed by atoms with Crippen molar-refractivity contribution < 1.29 is 4.42 Å². The summed E-state index contributed by atoms with van der Waals surface area (Å²) in [6.45, 7) is 1.18. The van der Waals surface area contributed by atoms with Crippen molar-refractivity contribution in [1.29, 1.82) is 0 Å². The zero-order valence-corrected chi connectivity index (χ0v) is 12.8. The second kappa shape index (κ2) is 7.20. The standard InChI is InChI=1S/C17H16ClN3O/c18-15-9-5-4-8-14(15)11-19-12-17-21-20-16(22-17)10-13-6-2-1-3-7-13/h1-9,19H,10-12H2. The van der Waals surface area contributed by atoms with E-state index in [1.807, 2.05) is 54.6 Å². The number of hydrogen-bond donors (Lipinski definition) is 1. The van der Waals surface area contributed by atoms with Crippen LogP contribution in [0, 0.1) is 0 Å². The number of hydrogen-bond acceptors (Lipinski definition) is 4. The fourth-order valence-corrected chi connectivity index (χ4v) is 2.35. The van der Waals surface area contributed by atoms with Crippen LogP contribution >= 0.6 is 11.6 Å². The van der Waals surface area contributed by atoms with Gasteiger partial charge >= 0.3 is 0 Å². The molecule has 3 aromatic rings. The summed E-state index contributed by atoms with van der Waals surface area (Å²) in [5, 5.41) is 12.1. The first-order valence-corrected chi connectivity index (χ1v) is 7.48. The van der Waals surface area contributed by atoms with Gasteiger partial charge < -0.3 is 9.73 Å². The van der Waals surface area contributed by atoms with E-state index in [1.54, 1.807) is 0 Å². The summed E-state index contributed by atoms with van der Waals surface area (Å²) in [5.74, 6) is 1.21. The maximum atomic E-state index is 6.11. The van der Waals surface area contributed by atoms with Crippen LogP contribution in [0.1, 0.15) is 22.9 Å². The van der Waals surface area contributed by atoms with Crippen molar-refractivity contribution in [2.24, 2.45) is 0 Å². The molecular weight excluding hydrogens is 298 g/mol. The minimum Gasteiger partial charge on any atom is -0.424 e. The van der Waals surface area contributed by atoms with Gasteiger partial charge in [0.25, 0.3) is 0 Å². The van der Waals surface area contributed by atoms with Crippen molar-refractivity contribution in [2.45, 2.75) is 19.5 Å². The summed E-state index contributed by atoms with van der Waals surface area (Å²) in [7, 11) is 0. The van der Waals surface area contributed by atoms with Crippen molar-refractivity contribution >= 4 is 11.6 Å². The van der Waals surface area contributed by atoms with Gasteiger partial charge in [-0.25, -0.2) is 0 Å². The van der Waals surface area contributed by atoms with Crippen molar-refractivity contribution in [3.63, 3.8) is 0 Å². The molecule has 5 heteroatoms. The van der Waals surface area contributed by atoms with E-state index in [0.29, 0.717) is 31.3 Å². The molecule has 0 fully saturated rings. The Kier molecular flexibility index (Phi) is 4.83. The van der Waals surface area contributed by atoms with Gasteiger partial charge in [0.15, 0.2) is 0 Å². The molecule has 0 radical (unpaired) electrons. The van der Waals surface area contributed by atoms with Gasteiger partial charge in [-0.15, -0.1) is 10.2 Å². The van der Waals surface area contributed by atoms with E-state index >= 15 is 0 Å². The van der Waals surface area contributed by atoms with Crippen LogP contribution in [0.3, 0.4) is 0 Å². The Morgan fingerprint density at radius 2 is 1.59 bits per heavy atom. The van der Waals surface area contributed by atoms with Crippen LogP contribution in [0.15, 0.2) is 59.0 Å². The smallest absolute Gasteiger partial charge is 0.230 e. The predicted molar refractivity (Wildman–Crippen MR) is 85.5 cm³/mol. The molecule has 0 amide bonds. The lowest BCUT2D eigenvalue weighted by Gasteiger charge is -2.04. The molecule has 0 aliphatic heterocycles. The van der Waals surface area contributed by atoms with Crippen molar-refractivity contribution in [3.8, 4) is 0 Å². The Morgan fingerprint density at radius 3 is 2.41 bits per heavy atom. The number of halogens is 1. The number of nitrogens with zero attached hydrogens (tertiary/aromatic N) is 2. The third-order valence-corrected chi connectivity index (χ3v) is 3.63. The summed E-state index contributed by atoms with van der Waals surface area (Å²) in [4.78, 5) is 0. The number of benzene rings is 2. The van der Waals surface area contributed by atoms with Gasteiger partial charge in [0.2, 0.25) is 11.8 Å². The highest BCUT2D eigenvalue weighted by atomic mass is 35.5. The summed E-state index contributed by atoms with van der Waals surface area (Å²) < 4.78 is 5.64. The molecule has 1 heterocycles. The SMILES string of the molecule is Clc1ccccc1CNCc1nnc(Cc2ccccc2)o1. The first-order valence-electron chi connectivity index (χ1n) is 7.10. The van der Waals surface area contributed by atoms with E-state index in [4.69, 9.17) is 16.0 Å². The highest BCUT2D eigenvalue weighted by molar-refractivity contribution is 6.31. The Balaban J connectivity index is 1.53. The van der Waals surface area contributed by atoms with Crippen molar-refractivity contribution in [1.82, 2.24) is 15.5 Å². The fraction of sp³-hybridized carbons (Fsp3) is 0.176. The maximum absolute atomic E-state index is 6.11. The van der Waals surface area contributed by atoms with Gasteiger partial charge in [0.05, 0.1) is 13.0 Å². The first-order chi connectivity index (χ1) is 10.8. The monoisotopic (exact) mass is 313 g/mol. The van der Waals surface area contributed by atoms with Gasteiger partial charge in [0, 0.05) is 11.6 Å². The highest BCUT2D eigenvalue weighted by Crippen LogP contribution is 2.14. The minimum absolute atomic E-state index is 0.521. The van der Waals surface area contributed by atoms with Crippen LogP contribution in [0.4, 0.5) is 0 Å². The van der Waals surface area contributed by atoms with Crippen LogP contribution in [0.2, 0.25) is 5.02 Å². The summed E-state index contributed by atoms with van der Waals surface area (Å²) in [6, 6.07) is 17.8. The number of nitrogens with one attached hydrogen (secondary N) is 1. The zero-order valence-electron chi connectivity index (χ0n) is 12.0. The third kappa shape index (κ3) is 3.93. The lowest BCUT2D eigenvalue weighted by molar-refractivity contribution is 0.438. The molecule has 0 bridgehead atoms. The van der Waals surface area contributed by atoms with Crippen LogP contribution in [0.5, 0.6) is 0 Å². The van der Waals surface area contributed by atoms with Gasteiger partial charge in [-0.3, -0.25) is 0 Å². The molecule has 0 saturated carbocycles. The first kappa shape index (κ1) is 14.8. The van der Waals surface area contributed by atoms with Gasteiger partial charge in [-0.1, -0.05) is 60.1 Å². The lowest BCUT2D eigenvalue weighted by Crippen LogP contribution is -2.13. The second-order valence-corrected chi connectivity index (χ2v) is 5.35. The highest BCUT2D eigenvalue weighted by Gasteiger charge is 2.07. The van der Waals surface area contributed by atoms with E-state index in [2.05, 4.69) is 15.5 Å². The summed E-state index contributed by atoms with van der Waals surface area (Å²) in [6.07, 6.45) is 0.651. The molecule has 1 aromatic heterocycles. The minimum atomic E-state index is 0.521. The predicted octanol–water partition coefficient (Wildman–Crippen LogP) is 3.60. The summed E-state index contributed by atoms with van der Waals surface area (Å²) >= 11 is 6.11. The van der Waals surface area contributed by atoms with E-state index in [0.717, 1.165) is 16.1 Å². The Labute approximate surface area is 134 Å². The quantitative estimate of drug-likeness (QED) is 0.755. The largest absolute Gasteiger partial charge is 0.424 e. The molecule has 22 heavy (non-hydrogen) atoms. The Morgan fingerprint density at radius 1 is 0.864 bits per heavy atom. The topological polar surface area (TPSA) is 51.0 Å². The Hall–Kier alpha value is -2.17. The fourth-order valence-electron chi connectivity index (χ4n) is 2.15. The molecule has 0 spiro atoms. The Bertz CT molecular complexity index is 728. The normalized spacial score (nSPS) is 10.8. The molecular formula is C17H16ClN3O. The molecule has 0 atom stereocenters.